The maximum atomic E-state index is 6.20. The van der Waals surface area contributed by atoms with Gasteiger partial charge < -0.3 is 5.73 Å². The van der Waals surface area contributed by atoms with Gasteiger partial charge in [0.2, 0.25) is 0 Å². The SMILES string of the molecule is NC(Cc1ccncc1Cl)c1cc(Cl)ccc1Br. The molecule has 0 aliphatic rings. The summed E-state index contributed by atoms with van der Waals surface area (Å²) in [6.07, 6.45) is 3.97. The smallest absolute Gasteiger partial charge is 0.0622 e. The Morgan fingerprint density at radius 3 is 2.78 bits per heavy atom. The second kappa shape index (κ2) is 6.02. The van der Waals surface area contributed by atoms with Crippen LogP contribution in [0.15, 0.2) is 41.1 Å². The highest BCUT2D eigenvalue weighted by Gasteiger charge is 2.13. The van der Waals surface area contributed by atoms with Gasteiger partial charge in [-0.05, 0) is 41.8 Å². The van der Waals surface area contributed by atoms with E-state index in [9.17, 15) is 0 Å². The van der Waals surface area contributed by atoms with Gasteiger partial charge in [0.05, 0.1) is 5.02 Å². The van der Waals surface area contributed by atoms with Crippen molar-refractivity contribution in [3.05, 3.63) is 62.3 Å². The van der Waals surface area contributed by atoms with E-state index in [1.165, 1.54) is 0 Å². The Balaban J connectivity index is 2.25. The van der Waals surface area contributed by atoms with Crippen molar-refractivity contribution in [1.82, 2.24) is 4.98 Å². The first-order valence-corrected chi connectivity index (χ1v) is 6.91. The molecule has 2 nitrogen and oxygen atoms in total. The van der Waals surface area contributed by atoms with E-state index in [1.807, 2.05) is 24.3 Å². The maximum absolute atomic E-state index is 6.20. The third-order valence-corrected chi connectivity index (χ3v) is 3.95. The van der Waals surface area contributed by atoms with E-state index < -0.39 is 0 Å². The van der Waals surface area contributed by atoms with Crippen molar-refractivity contribution >= 4 is 39.1 Å². The van der Waals surface area contributed by atoms with Gasteiger partial charge >= 0.3 is 0 Å². The molecule has 0 amide bonds. The normalized spacial score (nSPS) is 12.4. The summed E-state index contributed by atoms with van der Waals surface area (Å²) in [6.45, 7) is 0. The third-order valence-electron chi connectivity index (χ3n) is 2.65. The second-order valence-electron chi connectivity index (χ2n) is 3.94. The summed E-state index contributed by atoms with van der Waals surface area (Å²) < 4.78 is 0.949. The van der Waals surface area contributed by atoms with Crippen LogP contribution >= 0.6 is 39.1 Å². The summed E-state index contributed by atoms with van der Waals surface area (Å²) in [6, 6.07) is 7.29. The minimum atomic E-state index is -0.169. The molecule has 0 aliphatic carbocycles. The van der Waals surface area contributed by atoms with E-state index in [0.717, 1.165) is 15.6 Å². The number of benzene rings is 1. The predicted octanol–water partition coefficient (Wildman–Crippen LogP) is 4.39. The molecular formula is C13H11BrCl2N2. The van der Waals surface area contributed by atoms with Gasteiger partial charge in [-0.1, -0.05) is 39.1 Å². The van der Waals surface area contributed by atoms with Crippen LogP contribution < -0.4 is 5.73 Å². The molecule has 1 heterocycles. The summed E-state index contributed by atoms with van der Waals surface area (Å²) in [5.41, 5.74) is 8.14. The van der Waals surface area contributed by atoms with Gasteiger partial charge in [-0.25, -0.2) is 0 Å². The van der Waals surface area contributed by atoms with E-state index in [0.29, 0.717) is 16.5 Å². The van der Waals surface area contributed by atoms with Gasteiger partial charge in [-0.3, -0.25) is 4.98 Å². The van der Waals surface area contributed by atoms with Gasteiger partial charge in [-0.2, -0.15) is 0 Å². The van der Waals surface area contributed by atoms with Crippen LogP contribution in [0.1, 0.15) is 17.2 Å². The van der Waals surface area contributed by atoms with Gasteiger partial charge in [0.15, 0.2) is 0 Å². The van der Waals surface area contributed by atoms with Crippen molar-refractivity contribution in [3.63, 3.8) is 0 Å². The molecule has 1 aromatic carbocycles. The monoisotopic (exact) mass is 344 g/mol. The molecule has 0 fully saturated rings. The highest BCUT2D eigenvalue weighted by molar-refractivity contribution is 9.10. The molecule has 0 aliphatic heterocycles. The summed E-state index contributed by atoms with van der Waals surface area (Å²) in [7, 11) is 0. The van der Waals surface area contributed by atoms with Crippen molar-refractivity contribution in [1.29, 1.82) is 0 Å². The number of nitrogens with two attached hydrogens (primary N) is 1. The lowest BCUT2D eigenvalue weighted by Gasteiger charge is -2.15. The summed E-state index contributed by atoms with van der Waals surface area (Å²) >= 11 is 15.5. The predicted molar refractivity (Wildman–Crippen MR) is 79.0 cm³/mol. The molecule has 2 N–H and O–H groups in total. The number of aromatic nitrogens is 1. The largest absolute Gasteiger partial charge is 0.324 e. The zero-order chi connectivity index (χ0) is 13.1. The molecule has 0 saturated carbocycles. The maximum Gasteiger partial charge on any atom is 0.0622 e. The van der Waals surface area contributed by atoms with E-state index in [4.69, 9.17) is 28.9 Å². The number of pyridine rings is 1. The van der Waals surface area contributed by atoms with E-state index in [1.54, 1.807) is 12.4 Å². The standard InChI is InChI=1S/C13H11BrCl2N2/c14-11-2-1-9(15)6-10(11)13(17)5-8-3-4-18-7-12(8)16/h1-4,6-7,13H,5,17H2. The molecule has 18 heavy (non-hydrogen) atoms. The van der Waals surface area contributed by atoms with Gasteiger partial charge in [0.25, 0.3) is 0 Å². The van der Waals surface area contributed by atoms with E-state index in [2.05, 4.69) is 20.9 Å². The fourth-order valence-electron chi connectivity index (χ4n) is 1.72. The Bertz CT molecular complexity index is 560. The lowest BCUT2D eigenvalue weighted by Crippen LogP contribution is -2.14. The average molecular weight is 346 g/mol. The van der Waals surface area contributed by atoms with Crippen LogP contribution in [0.4, 0.5) is 0 Å². The highest BCUT2D eigenvalue weighted by atomic mass is 79.9. The quantitative estimate of drug-likeness (QED) is 0.895. The van der Waals surface area contributed by atoms with Crippen LogP contribution in [0.25, 0.3) is 0 Å². The second-order valence-corrected chi connectivity index (χ2v) is 5.64. The van der Waals surface area contributed by atoms with Crippen LogP contribution in [-0.4, -0.2) is 4.98 Å². The Hall–Kier alpha value is -0.610. The van der Waals surface area contributed by atoms with Crippen LogP contribution in [0.5, 0.6) is 0 Å². The number of hydrogen-bond acceptors (Lipinski definition) is 2. The molecule has 0 bridgehead atoms. The lowest BCUT2D eigenvalue weighted by atomic mass is 10.0. The molecule has 2 aromatic rings. The molecular weight excluding hydrogens is 335 g/mol. The van der Waals surface area contributed by atoms with Crippen molar-refractivity contribution in [3.8, 4) is 0 Å². The van der Waals surface area contributed by atoms with Crippen molar-refractivity contribution in [2.75, 3.05) is 0 Å². The van der Waals surface area contributed by atoms with E-state index >= 15 is 0 Å². The molecule has 0 spiro atoms. The van der Waals surface area contributed by atoms with Crippen LogP contribution in [0.3, 0.4) is 0 Å². The Morgan fingerprint density at radius 1 is 1.28 bits per heavy atom. The Morgan fingerprint density at radius 2 is 2.06 bits per heavy atom. The average Bonchev–Trinajstić information content (AvgIpc) is 2.35. The lowest BCUT2D eigenvalue weighted by molar-refractivity contribution is 0.718. The molecule has 1 aromatic heterocycles. The molecule has 1 unspecified atom stereocenters. The zero-order valence-corrected chi connectivity index (χ0v) is 12.5. The fraction of sp³-hybridized carbons (Fsp3) is 0.154. The summed E-state index contributed by atoms with van der Waals surface area (Å²) in [4.78, 5) is 3.95. The molecule has 5 heteroatoms. The van der Waals surface area contributed by atoms with Crippen LogP contribution in [0, 0.1) is 0 Å². The number of hydrogen-bond donors (Lipinski definition) is 1. The van der Waals surface area contributed by atoms with Crippen molar-refractivity contribution < 1.29 is 0 Å². The molecule has 0 saturated heterocycles. The number of halogens is 3. The summed E-state index contributed by atoms with van der Waals surface area (Å²) in [5.74, 6) is 0. The molecule has 0 radical (unpaired) electrons. The van der Waals surface area contributed by atoms with Crippen LogP contribution in [0.2, 0.25) is 10.0 Å². The Labute approximate surface area is 124 Å². The Kier molecular flexibility index (Phi) is 4.62. The molecule has 1 atom stereocenters. The summed E-state index contributed by atoms with van der Waals surface area (Å²) in [5, 5.41) is 1.30. The van der Waals surface area contributed by atoms with E-state index in [-0.39, 0.29) is 6.04 Å². The van der Waals surface area contributed by atoms with Crippen molar-refractivity contribution in [2.45, 2.75) is 12.5 Å². The number of nitrogens with zero attached hydrogens (tertiary/aromatic N) is 1. The van der Waals surface area contributed by atoms with Crippen molar-refractivity contribution in [2.24, 2.45) is 5.73 Å². The van der Waals surface area contributed by atoms with Crippen LogP contribution in [-0.2, 0) is 6.42 Å². The first-order chi connectivity index (χ1) is 8.58. The molecule has 2 rings (SSSR count). The zero-order valence-electron chi connectivity index (χ0n) is 9.41. The van der Waals surface area contributed by atoms with Gasteiger partial charge in [-0.15, -0.1) is 0 Å². The first-order valence-electron chi connectivity index (χ1n) is 5.37. The topological polar surface area (TPSA) is 38.9 Å². The fourth-order valence-corrected chi connectivity index (χ4v) is 2.63. The first kappa shape index (κ1) is 13.8. The minimum absolute atomic E-state index is 0.169. The van der Waals surface area contributed by atoms with Gasteiger partial charge in [0.1, 0.15) is 0 Å². The number of rotatable bonds is 3. The highest BCUT2D eigenvalue weighted by Crippen LogP contribution is 2.28. The minimum Gasteiger partial charge on any atom is -0.324 e. The van der Waals surface area contributed by atoms with Gasteiger partial charge in [0, 0.05) is 27.9 Å². The molecule has 94 valence electrons. The third kappa shape index (κ3) is 3.23.